The standard InChI is InChI=1S/C16H26N2O4S/c1-12-8-13(2)18(10-12)11-14(19)9-17-23(20,21)16-6-4-15(22-3)5-7-16/h4-7,12-14,17,19H,8-11H2,1-3H3/t12?,13?,14-/m0/s1. The van der Waals surface area contributed by atoms with Crippen LogP contribution in [0.4, 0.5) is 0 Å². The maximum Gasteiger partial charge on any atom is 0.240 e. The summed E-state index contributed by atoms with van der Waals surface area (Å²) in [5.41, 5.74) is 0. The molecule has 7 heteroatoms. The van der Waals surface area contributed by atoms with Crippen molar-refractivity contribution in [1.82, 2.24) is 9.62 Å². The van der Waals surface area contributed by atoms with E-state index in [4.69, 9.17) is 4.74 Å². The molecule has 1 aliphatic heterocycles. The van der Waals surface area contributed by atoms with Crippen LogP contribution < -0.4 is 9.46 Å². The average molecular weight is 342 g/mol. The fourth-order valence-corrected chi connectivity index (χ4v) is 4.09. The highest BCUT2D eigenvalue weighted by atomic mass is 32.2. The lowest BCUT2D eigenvalue weighted by atomic mass is 10.1. The summed E-state index contributed by atoms with van der Waals surface area (Å²) in [5.74, 6) is 1.22. The predicted octanol–water partition coefficient (Wildman–Crippen LogP) is 1.06. The Kier molecular flexibility index (Phi) is 6.02. The molecule has 1 fully saturated rings. The number of benzene rings is 1. The van der Waals surface area contributed by atoms with Gasteiger partial charge in [-0.05, 0) is 43.5 Å². The number of rotatable bonds is 7. The van der Waals surface area contributed by atoms with Gasteiger partial charge in [-0.15, -0.1) is 0 Å². The van der Waals surface area contributed by atoms with Gasteiger partial charge in [0.25, 0.3) is 0 Å². The van der Waals surface area contributed by atoms with E-state index in [0.717, 1.165) is 13.0 Å². The number of likely N-dealkylation sites (tertiary alicyclic amines) is 1. The largest absolute Gasteiger partial charge is 0.497 e. The average Bonchev–Trinajstić information content (AvgIpc) is 2.83. The number of sulfonamides is 1. The number of methoxy groups -OCH3 is 1. The van der Waals surface area contributed by atoms with Crippen molar-refractivity contribution in [3.05, 3.63) is 24.3 Å². The Hall–Kier alpha value is -1.15. The van der Waals surface area contributed by atoms with Gasteiger partial charge in [-0.3, -0.25) is 4.90 Å². The zero-order valence-corrected chi connectivity index (χ0v) is 14.7. The number of aliphatic hydroxyl groups excluding tert-OH is 1. The van der Waals surface area contributed by atoms with Crippen LogP contribution in [0.15, 0.2) is 29.2 Å². The van der Waals surface area contributed by atoms with Crippen LogP contribution in [0.1, 0.15) is 20.3 Å². The Morgan fingerprint density at radius 1 is 1.35 bits per heavy atom. The summed E-state index contributed by atoms with van der Waals surface area (Å²) >= 11 is 0. The van der Waals surface area contributed by atoms with E-state index in [9.17, 15) is 13.5 Å². The molecule has 1 heterocycles. The van der Waals surface area contributed by atoms with Gasteiger partial charge < -0.3 is 9.84 Å². The third-order valence-electron chi connectivity index (χ3n) is 4.24. The fourth-order valence-electron chi connectivity index (χ4n) is 3.02. The first-order valence-corrected chi connectivity index (χ1v) is 9.36. The summed E-state index contributed by atoms with van der Waals surface area (Å²) in [6.45, 7) is 5.76. The Morgan fingerprint density at radius 3 is 2.52 bits per heavy atom. The molecule has 2 N–H and O–H groups in total. The number of hydrogen-bond acceptors (Lipinski definition) is 5. The first kappa shape index (κ1) is 18.2. The van der Waals surface area contributed by atoms with Gasteiger partial charge in [0.1, 0.15) is 5.75 Å². The predicted molar refractivity (Wildman–Crippen MR) is 89.0 cm³/mol. The van der Waals surface area contributed by atoms with E-state index in [-0.39, 0.29) is 11.4 Å². The van der Waals surface area contributed by atoms with Gasteiger partial charge in [0.05, 0.1) is 18.1 Å². The molecule has 0 aliphatic carbocycles. The second-order valence-corrected chi connectivity index (χ2v) is 8.09. The molecule has 130 valence electrons. The van der Waals surface area contributed by atoms with Gasteiger partial charge >= 0.3 is 0 Å². The van der Waals surface area contributed by atoms with Crippen molar-refractivity contribution >= 4 is 10.0 Å². The van der Waals surface area contributed by atoms with Crippen molar-refractivity contribution < 1.29 is 18.3 Å². The molecule has 6 nitrogen and oxygen atoms in total. The van der Waals surface area contributed by atoms with E-state index < -0.39 is 16.1 Å². The van der Waals surface area contributed by atoms with E-state index in [1.165, 1.54) is 19.2 Å². The van der Waals surface area contributed by atoms with Crippen molar-refractivity contribution in [2.75, 3.05) is 26.7 Å². The minimum Gasteiger partial charge on any atom is -0.497 e. The number of hydrogen-bond donors (Lipinski definition) is 2. The molecule has 0 spiro atoms. The van der Waals surface area contributed by atoms with Crippen LogP contribution in [-0.4, -0.2) is 57.3 Å². The molecule has 1 saturated heterocycles. The zero-order chi connectivity index (χ0) is 17.0. The summed E-state index contributed by atoms with van der Waals surface area (Å²) in [4.78, 5) is 2.37. The fraction of sp³-hybridized carbons (Fsp3) is 0.625. The molecule has 3 atom stereocenters. The highest BCUT2D eigenvalue weighted by molar-refractivity contribution is 7.89. The molecule has 0 amide bonds. The molecular weight excluding hydrogens is 316 g/mol. The molecule has 1 aromatic carbocycles. The number of nitrogens with one attached hydrogen (secondary N) is 1. The van der Waals surface area contributed by atoms with Gasteiger partial charge in [0, 0.05) is 25.7 Å². The number of β-amino-alcohol motifs (C(OH)–C–C–N with tert-alkyl or cyclic N) is 1. The lowest BCUT2D eigenvalue weighted by Crippen LogP contribution is -2.41. The molecule has 0 saturated carbocycles. The molecular formula is C16H26N2O4S. The van der Waals surface area contributed by atoms with E-state index in [1.54, 1.807) is 12.1 Å². The Balaban J connectivity index is 1.88. The van der Waals surface area contributed by atoms with Crippen molar-refractivity contribution in [2.24, 2.45) is 5.92 Å². The van der Waals surface area contributed by atoms with Crippen LogP contribution in [-0.2, 0) is 10.0 Å². The van der Waals surface area contributed by atoms with E-state index >= 15 is 0 Å². The Morgan fingerprint density at radius 2 is 2.00 bits per heavy atom. The summed E-state index contributed by atoms with van der Waals surface area (Å²) in [7, 11) is -2.10. The van der Waals surface area contributed by atoms with Gasteiger partial charge in [0.15, 0.2) is 0 Å². The van der Waals surface area contributed by atoms with E-state index in [1.807, 2.05) is 0 Å². The van der Waals surface area contributed by atoms with Gasteiger partial charge in [-0.25, -0.2) is 13.1 Å². The van der Waals surface area contributed by atoms with Gasteiger partial charge in [0.2, 0.25) is 10.0 Å². The Bertz CT molecular complexity index is 603. The normalized spacial score (nSPS) is 23.8. The van der Waals surface area contributed by atoms with Crippen molar-refractivity contribution in [2.45, 2.75) is 37.3 Å². The van der Waals surface area contributed by atoms with Crippen LogP contribution in [0.5, 0.6) is 5.75 Å². The molecule has 0 bridgehead atoms. The number of nitrogens with zero attached hydrogens (tertiary/aromatic N) is 1. The van der Waals surface area contributed by atoms with Crippen molar-refractivity contribution in [1.29, 1.82) is 0 Å². The topological polar surface area (TPSA) is 78.9 Å². The lowest BCUT2D eigenvalue weighted by Gasteiger charge is -2.24. The van der Waals surface area contributed by atoms with Crippen molar-refractivity contribution in [3.63, 3.8) is 0 Å². The highest BCUT2D eigenvalue weighted by Gasteiger charge is 2.27. The summed E-state index contributed by atoms with van der Waals surface area (Å²) in [5, 5.41) is 10.1. The quantitative estimate of drug-likeness (QED) is 0.775. The molecule has 0 radical (unpaired) electrons. The first-order chi connectivity index (χ1) is 10.8. The van der Waals surface area contributed by atoms with Gasteiger partial charge in [-0.2, -0.15) is 0 Å². The number of ether oxygens (including phenoxy) is 1. The maximum atomic E-state index is 12.2. The molecule has 23 heavy (non-hydrogen) atoms. The summed E-state index contributed by atoms with van der Waals surface area (Å²) in [6.07, 6.45) is 0.389. The highest BCUT2D eigenvalue weighted by Crippen LogP contribution is 2.22. The minimum atomic E-state index is -3.62. The van der Waals surface area contributed by atoms with Crippen LogP contribution in [0.3, 0.4) is 0 Å². The first-order valence-electron chi connectivity index (χ1n) is 7.87. The molecule has 0 aromatic heterocycles. The molecule has 2 rings (SSSR count). The maximum absolute atomic E-state index is 12.2. The Labute approximate surface area is 138 Å². The van der Waals surface area contributed by atoms with E-state index in [0.29, 0.717) is 24.3 Å². The minimum absolute atomic E-state index is 0.00592. The van der Waals surface area contributed by atoms with Crippen LogP contribution in [0.25, 0.3) is 0 Å². The smallest absolute Gasteiger partial charge is 0.240 e. The summed E-state index contributed by atoms with van der Waals surface area (Å²) in [6, 6.07) is 6.59. The van der Waals surface area contributed by atoms with Gasteiger partial charge in [-0.1, -0.05) is 6.92 Å². The van der Waals surface area contributed by atoms with Crippen LogP contribution >= 0.6 is 0 Å². The molecule has 2 unspecified atom stereocenters. The van der Waals surface area contributed by atoms with Crippen LogP contribution in [0.2, 0.25) is 0 Å². The number of aliphatic hydroxyl groups is 1. The summed E-state index contributed by atoms with van der Waals surface area (Å²) < 4.78 is 31.9. The monoisotopic (exact) mass is 342 g/mol. The third kappa shape index (κ3) is 4.91. The van der Waals surface area contributed by atoms with E-state index in [2.05, 4.69) is 23.5 Å². The second kappa shape index (κ2) is 7.61. The van der Waals surface area contributed by atoms with Crippen molar-refractivity contribution in [3.8, 4) is 5.75 Å². The SMILES string of the molecule is COc1ccc(S(=O)(=O)NC[C@H](O)CN2CC(C)CC2C)cc1. The van der Waals surface area contributed by atoms with Crippen LogP contribution in [0, 0.1) is 5.92 Å². The third-order valence-corrected chi connectivity index (χ3v) is 5.68. The molecule has 1 aromatic rings. The molecule has 1 aliphatic rings. The zero-order valence-electron chi connectivity index (χ0n) is 13.9. The second-order valence-electron chi connectivity index (χ2n) is 6.33. The lowest BCUT2D eigenvalue weighted by molar-refractivity contribution is 0.111.